The van der Waals surface area contributed by atoms with E-state index in [4.69, 9.17) is 15.2 Å². The number of carbonyl (C=O) groups excluding carboxylic acids is 12. The van der Waals surface area contributed by atoms with Crippen LogP contribution in [0, 0.1) is 12.7 Å². The number of carboxylic acids is 2. The van der Waals surface area contributed by atoms with Crippen LogP contribution < -0.4 is 63.6 Å². The number of pyridine rings is 1. The van der Waals surface area contributed by atoms with E-state index in [9.17, 15) is 87.5 Å². The molecule has 120 heavy (non-hydrogen) atoms. The highest BCUT2D eigenvalue weighted by molar-refractivity contribution is 6.01. The van der Waals surface area contributed by atoms with Crippen LogP contribution in [0.3, 0.4) is 0 Å². The molecule has 3 aromatic heterocycles. The number of aromatic amines is 2. The molecule has 1 aliphatic rings. The predicted molar refractivity (Wildman–Crippen MR) is 428 cm³/mol. The number of carboxylic acid groups (broad SMARTS) is 2. The van der Waals surface area contributed by atoms with Crippen LogP contribution >= 0.6 is 0 Å². The minimum absolute atomic E-state index is 0.0139. The second-order valence-electron chi connectivity index (χ2n) is 29.4. The summed E-state index contributed by atoms with van der Waals surface area (Å²) in [6.07, 6.45) is -1.10. The van der Waals surface area contributed by atoms with Crippen molar-refractivity contribution in [1.29, 1.82) is 0 Å². The zero-order valence-electron chi connectivity index (χ0n) is 67.2. The number of hydrogen-bond acceptors (Lipinski definition) is 21. The van der Waals surface area contributed by atoms with Crippen molar-refractivity contribution in [1.82, 2.24) is 83.0 Å². The van der Waals surface area contributed by atoms with Gasteiger partial charge < -0.3 is 104 Å². The fourth-order valence-electron chi connectivity index (χ4n) is 13.6. The molecule has 0 spiro atoms. The number of likely N-dealkylation sites (tertiary alicyclic amines) is 1. The lowest BCUT2D eigenvalue weighted by atomic mass is 9.90. The van der Waals surface area contributed by atoms with Crippen LogP contribution in [0.2, 0.25) is 0 Å². The molecule has 1 aliphatic heterocycles. The van der Waals surface area contributed by atoms with Gasteiger partial charge in [0.25, 0.3) is 0 Å². The number of primary amides is 1. The third-order valence-electron chi connectivity index (χ3n) is 20.4. The number of ether oxygens (including phenoxy) is 2. The average molecular weight is 1660 g/mol. The summed E-state index contributed by atoms with van der Waals surface area (Å²) in [5, 5.41) is 66.4. The molecule has 0 unspecified atom stereocenters. The number of aromatic nitrogens is 5. The molecule has 640 valence electrons. The Hall–Kier alpha value is -13.5. The fourth-order valence-corrected chi connectivity index (χ4v) is 13.6. The number of aliphatic carboxylic acids is 2. The largest absolute Gasteiger partial charge is 0.497 e. The maximum Gasteiger partial charge on any atom is 0.407 e. The van der Waals surface area contributed by atoms with Crippen molar-refractivity contribution in [2.45, 2.75) is 184 Å². The Kier molecular flexibility index (Phi) is 32.6. The molecule has 0 bridgehead atoms. The number of aliphatic hydroxyl groups excluding tert-OH is 2. The quantitative estimate of drug-likeness (QED) is 0.0247. The van der Waals surface area contributed by atoms with E-state index in [-0.39, 0.29) is 49.9 Å². The van der Waals surface area contributed by atoms with Gasteiger partial charge in [0.2, 0.25) is 65.0 Å². The van der Waals surface area contributed by atoms with Crippen LogP contribution in [-0.4, -0.2) is 232 Å². The summed E-state index contributed by atoms with van der Waals surface area (Å²) in [5.74, 6) is -15.7. The van der Waals surface area contributed by atoms with Gasteiger partial charge in [-0.1, -0.05) is 85.8 Å². The van der Waals surface area contributed by atoms with Crippen molar-refractivity contribution < 1.29 is 101 Å². The van der Waals surface area contributed by atoms with Gasteiger partial charge in [0.15, 0.2) is 0 Å². The third-order valence-corrected chi connectivity index (χ3v) is 20.4. The van der Waals surface area contributed by atoms with Crippen molar-refractivity contribution in [2.75, 3.05) is 27.3 Å². The molecule has 0 aliphatic carbocycles. The standard InChI is InChI=1S/C82H100FN17O20/c1-9-49-33-54(119-7)24-25-56(49)50-22-19-47(20-23-50)31-61(72(110)91-60(70(84)108)32-48-21-26-58(87-38-48)55-17-12-10-15-44(55)2)92-74(112)63(36-67(106)107)93-73(111)62(34-52-39-85-42-89-52)94-75(113)68(45(3)101)98-78(116)81(5,37-51-16-11-13-18-57(51)83)99-76(114)69(46(4)102)97-65(103)41-88-71(109)59(27-28-66(104)105)95-79(117)82(6)29-14-30-100(82)77(115)64(96-80(118)120-8)35-53-40-86-43-90-53/h10-13,15-26,33,38-40,42-43,45-46,59-64,68-69,101-102H,9,14,27-32,34-37,41H2,1-8H3,(H2,84,108)(H,85,89)(H,86,90)(H,88,109)(H,91,110)(H,92,112)(H,93,111)(H,94,113)(H,95,117)(H,96,118)(H,97,103)(H,98,116)(H,99,114)(H,104,105)(H,106,107)/t45-,46-,59+,60+,61+,62+,63+,64+,68+,69+,81-,82-/m1/s1. The Morgan fingerprint density at radius 1 is 0.625 bits per heavy atom. The Balaban J connectivity index is 0.988. The van der Waals surface area contributed by atoms with E-state index in [1.54, 1.807) is 49.6 Å². The number of halogens is 1. The van der Waals surface area contributed by atoms with Crippen LogP contribution in [0.25, 0.3) is 22.4 Å². The summed E-state index contributed by atoms with van der Waals surface area (Å²) in [5.41, 5.74) is 8.04. The number of amides is 12. The Morgan fingerprint density at radius 3 is 1.80 bits per heavy atom. The summed E-state index contributed by atoms with van der Waals surface area (Å²) in [6.45, 7) is 7.46. The van der Waals surface area contributed by atoms with Gasteiger partial charge in [0.05, 0.1) is 69.1 Å². The zero-order chi connectivity index (χ0) is 87.7. The molecular weight excluding hydrogens is 1560 g/mol. The van der Waals surface area contributed by atoms with Crippen LogP contribution in [0.15, 0.2) is 134 Å². The Bertz CT molecular complexity index is 4820. The van der Waals surface area contributed by atoms with Crippen molar-refractivity contribution in [3.63, 3.8) is 0 Å². The highest BCUT2D eigenvalue weighted by atomic mass is 19.1. The lowest BCUT2D eigenvalue weighted by molar-refractivity contribution is -0.146. The third kappa shape index (κ3) is 25.3. The molecule has 1 fully saturated rings. The van der Waals surface area contributed by atoms with Crippen LogP contribution in [0.1, 0.15) is 106 Å². The molecular formula is C82H100FN17O20. The lowest BCUT2D eigenvalue weighted by Crippen LogP contribution is -2.67. The number of carbonyl (C=O) groups is 14. The molecule has 0 saturated carbocycles. The SMILES string of the molecule is CCc1cc(OC)ccc1-c1ccc(C[C@H](NC(=O)[C@H](CC(=O)O)NC(=O)[C@H](Cc2c[nH]cn2)NC(=O)[C@@H](NC(=O)[C@@](C)(Cc2ccccc2F)NC(=O)[C@@H](NC(=O)CNC(=O)[C@H](CCC(=O)O)NC(=O)[C@@]2(C)CCCN2C(=O)[C@H](Cc2c[nH]cn2)NC(=O)OC)[C@@H](C)O)[C@@H](C)O)C(=O)N[C@@H](Cc2ccc(-c3ccccc3C)nc2)C(N)=O)cc1. The highest BCUT2D eigenvalue weighted by Crippen LogP contribution is 2.32. The minimum atomic E-state index is -2.44. The van der Waals surface area contributed by atoms with Gasteiger partial charge in [-0.2, -0.15) is 0 Å². The molecule has 4 heterocycles. The van der Waals surface area contributed by atoms with Crippen LogP contribution in [-0.2, 0) is 106 Å². The fraction of sp³-hybridized carbons (Fsp3) is 0.402. The number of imidazole rings is 2. The van der Waals surface area contributed by atoms with Crippen LogP contribution in [0.5, 0.6) is 5.75 Å². The molecule has 1 saturated heterocycles. The van der Waals surface area contributed by atoms with Gasteiger partial charge in [-0.3, -0.25) is 67.3 Å². The van der Waals surface area contributed by atoms with Crippen molar-refractivity contribution >= 4 is 83.0 Å². The molecule has 12 atom stereocenters. The summed E-state index contributed by atoms with van der Waals surface area (Å²) in [7, 11) is 2.63. The molecule has 38 heteroatoms. The first-order chi connectivity index (χ1) is 57.0. The number of nitrogens with two attached hydrogens (primary N) is 1. The van der Waals surface area contributed by atoms with E-state index in [1.807, 2.05) is 50.2 Å². The van der Waals surface area contributed by atoms with E-state index in [2.05, 4.69) is 78.1 Å². The van der Waals surface area contributed by atoms with E-state index in [0.717, 1.165) is 61.8 Å². The van der Waals surface area contributed by atoms with E-state index < -0.39 is 199 Å². The molecule has 37 nitrogen and oxygen atoms in total. The molecule has 8 rings (SSSR count). The van der Waals surface area contributed by atoms with Crippen molar-refractivity contribution in [2.24, 2.45) is 5.73 Å². The smallest absolute Gasteiger partial charge is 0.407 e. The van der Waals surface area contributed by atoms with Gasteiger partial charge in [0, 0.05) is 69.2 Å². The zero-order valence-corrected chi connectivity index (χ0v) is 67.2. The maximum absolute atomic E-state index is 15.7. The summed E-state index contributed by atoms with van der Waals surface area (Å²) in [6, 6.07) is 14.4. The van der Waals surface area contributed by atoms with Crippen molar-refractivity contribution in [3.05, 3.63) is 179 Å². The normalized spacial score (nSPS) is 16.0. The topological polar surface area (TPSA) is 558 Å². The maximum atomic E-state index is 15.7. The number of benzene rings is 4. The number of nitrogens with zero attached hydrogens (tertiary/aromatic N) is 4. The highest BCUT2D eigenvalue weighted by Gasteiger charge is 2.49. The number of rotatable bonds is 42. The van der Waals surface area contributed by atoms with E-state index in [0.29, 0.717) is 34.7 Å². The second-order valence-corrected chi connectivity index (χ2v) is 29.4. The molecule has 4 aromatic carbocycles. The van der Waals surface area contributed by atoms with Crippen molar-refractivity contribution in [3.8, 4) is 28.1 Å². The van der Waals surface area contributed by atoms with Crippen LogP contribution in [0.4, 0.5) is 9.18 Å². The molecule has 18 N–H and O–H groups in total. The lowest BCUT2D eigenvalue weighted by Gasteiger charge is -2.37. The first-order valence-corrected chi connectivity index (χ1v) is 38.5. The first-order valence-electron chi connectivity index (χ1n) is 38.5. The van der Waals surface area contributed by atoms with E-state index >= 15 is 4.39 Å². The minimum Gasteiger partial charge on any atom is -0.497 e. The van der Waals surface area contributed by atoms with Gasteiger partial charge in [-0.25, -0.2) is 19.2 Å². The van der Waals surface area contributed by atoms with E-state index in [1.165, 1.54) is 61.3 Å². The summed E-state index contributed by atoms with van der Waals surface area (Å²) >= 11 is 0. The summed E-state index contributed by atoms with van der Waals surface area (Å²) < 4.78 is 25.9. The number of alkyl carbamates (subject to hydrolysis) is 1. The number of nitrogens with one attached hydrogen (secondary N) is 12. The summed E-state index contributed by atoms with van der Waals surface area (Å²) in [4.78, 5) is 214. The molecule has 7 aromatic rings. The number of hydrogen-bond donors (Lipinski definition) is 17. The van der Waals surface area contributed by atoms with Gasteiger partial charge >= 0.3 is 18.0 Å². The second kappa shape index (κ2) is 42.6. The van der Waals surface area contributed by atoms with Gasteiger partial charge in [-0.15, -0.1) is 0 Å². The van der Waals surface area contributed by atoms with Gasteiger partial charge in [0.1, 0.15) is 71.0 Å². The molecule has 0 radical (unpaired) electrons. The Morgan fingerprint density at radius 2 is 1.22 bits per heavy atom. The number of aryl methyl sites for hydroxylation is 2. The molecule has 12 amide bonds. The first kappa shape index (κ1) is 92.0. The number of methoxy groups -OCH3 is 2. The number of H-pyrrole nitrogens is 2. The number of aliphatic hydroxyl groups is 2. The van der Waals surface area contributed by atoms with Gasteiger partial charge in [-0.05, 0) is 124 Å². The monoisotopic (exact) mass is 1660 g/mol. The predicted octanol–water partition coefficient (Wildman–Crippen LogP) is 0.470. The average Bonchev–Trinajstić information content (AvgIpc) is 1.64. The Labute approximate surface area is 688 Å².